The average Bonchev–Trinajstić information content (AvgIpc) is 2.38. The summed E-state index contributed by atoms with van der Waals surface area (Å²) in [5.74, 6) is 0. The van der Waals surface area contributed by atoms with Crippen LogP contribution < -0.4 is 5.32 Å². The maximum Gasteiger partial charge on any atom is 0.0406 e. The molecule has 1 rings (SSSR count). The first-order chi connectivity index (χ1) is 9.00. The zero-order valence-electron chi connectivity index (χ0n) is 12.6. The van der Waals surface area contributed by atoms with Gasteiger partial charge in [0.1, 0.15) is 0 Å². The van der Waals surface area contributed by atoms with Gasteiger partial charge in [0.05, 0.1) is 0 Å². The van der Waals surface area contributed by atoms with Gasteiger partial charge >= 0.3 is 0 Å². The summed E-state index contributed by atoms with van der Waals surface area (Å²) in [7, 11) is 2.19. The molecular weight excluding hydrogens is 256 g/mol. The van der Waals surface area contributed by atoms with E-state index in [-0.39, 0.29) is 0 Å². The van der Waals surface area contributed by atoms with E-state index >= 15 is 0 Å². The molecule has 0 aliphatic carbocycles. The van der Waals surface area contributed by atoms with Crippen LogP contribution in [-0.2, 0) is 0 Å². The predicted octanol–water partition coefficient (Wildman–Crippen LogP) is 4.11. The van der Waals surface area contributed by atoms with Gasteiger partial charge in [-0.1, -0.05) is 23.7 Å². The summed E-state index contributed by atoms with van der Waals surface area (Å²) in [5, 5.41) is 4.36. The van der Waals surface area contributed by atoms with Crippen molar-refractivity contribution in [3.05, 3.63) is 34.9 Å². The lowest BCUT2D eigenvalue weighted by Gasteiger charge is -2.21. The molecule has 1 unspecified atom stereocenters. The molecule has 3 heteroatoms. The van der Waals surface area contributed by atoms with Gasteiger partial charge in [-0.3, -0.25) is 0 Å². The van der Waals surface area contributed by atoms with Gasteiger partial charge in [0.15, 0.2) is 0 Å². The molecule has 0 aliphatic heterocycles. The van der Waals surface area contributed by atoms with Crippen LogP contribution in [0, 0.1) is 0 Å². The van der Waals surface area contributed by atoms with Crippen LogP contribution >= 0.6 is 11.6 Å². The zero-order chi connectivity index (χ0) is 14.3. The van der Waals surface area contributed by atoms with Crippen molar-refractivity contribution in [3.63, 3.8) is 0 Å². The van der Waals surface area contributed by atoms with Crippen molar-refractivity contribution in [2.75, 3.05) is 20.1 Å². The maximum atomic E-state index is 5.89. The second-order valence-electron chi connectivity index (χ2n) is 5.51. The van der Waals surface area contributed by atoms with Crippen LogP contribution in [0.2, 0.25) is 5.02 Å². The average molecular weight is 283 g/mol. The van der Waals surface area contributed by atoms with Gasteiger partial charge in [0.25, 0.3) is 0 Å². The summed E-state index contributed by atoms with van der Waals surface area (Å²) in [4.78, 5) is 2.39. The Morgan fingerprint density at radius 1 is 1.11 bits per heavy atom. The van der Waals surface area contributed by atoms with Gasteiger partial charge in [-0.05, 0) is 71.4 Å². The molecule has 1 aromatic carbocycles. The summed E-state index contributed by atoms with van der Waals surface area (Å²) in [6.45, 7) is 8.91. The first-order valence-electron chi connectivity index (χ1n) is 7.19. The first-order valence-corrected chi connectivity index (χ1v) is 7.57. The minimum absolute atomic E-state index is 0.389. The van der Waals surface area contributed by atoms with Crippen molar-refractivity contribution >= 4 is 11.6 Å². The van der Waals surface area contributed by atoms with Gasteiger partial charge in [0, 0.05) is 17.1 Å². The highest BCUT2D eigenvalue weighted by atomic mass is 35.5. The number of benzene rings is 1. The monoisotopic (exact) mass is 282 g/mol. The van der Waals surface area contributed by atoms with Gasteiger partial charge in [-0.2, -0.15) is 0 Å². The molecule has 108 valence electrons. The fraction of sp³-hybridized carbons (Fsp3) is 0.625. The van der Waals surface area contributed by atoms with E-state index in [1.165, 1.54) is 24.9 Å². The standard InChI is InChI=1S/C16H27ClN2/c1-13(2)19(4)12-6-5-11-18-14(3)15-7-9-16(17)10-8-15/h7-10,13-14,18H,5-6,11-12H2,1-4H3. The normalized spacial score (nSPS) is 13.2. The van der Waals surface area contributed by atoms with Crippen LogP contribution in [0.1, 0.15) is 45.2 Å². The van der Waals surface area contributed by atoms with Crippen molar-refractivity contribution in [1.29, 1.82) is 0 Å². The quantitative estimate of drug-likeness (QED) is 0.722. The summed E-state index contributed by atoms with van der Waals surface area (Å²) in [6.07, 6.45) is 2.46. The maximum absolute atomic E-state index is 5.89. The van der Waals surface area contributed by atoms with Gasteiger partial charge in [-0.15, -0.1) is 0 Å². The lowest BCUT2D eigenvalue weighted by molar-refractivity contribution is 0.267. The van der Waals surface area contributed by atoms with E-state index in [1.54, 1.807) is 0 Å². The molecule has 0 amide bonds. The topological polar surface area (TPSA) is 15.3 Å². The van der Waals surface area contributed by atoms with E-state index in [0.717, 1.165) is 11.6 Å². The third-order valence-corrected chi connectivity index (χ3v) is 3.89. The van der Waals surface area contributed by atoms with E-state index in [1.807, 2.05) is 12.1 Å². The molecule has 0 spiro atoms. The third-order valence-electron chi connectivity index (χ3n) is 3.64. The highest BCUT2D eigenvalue weighted by Gasteiger charge is 2.05. The Kier molecular flexibility index (Phi) is 7.44. The van der Waals surface area contributed by atoms with Gasteiger partial charge < -0.3 is 10.2 Å². The van der Waals surface area contributed by atoms with Crippen LogP contribution in [0.4, 0.5) is 0 Å². The molecule has 1 N–H and O–H groups in total. The Balaban J connectivity index is 2.17. The van der Waals surface area contributed by atoms with Gasteiger partial charge in [-0.25, -0.2) is 0 Å². The smallest absolute Gasteiger partial charge is 0.0406 e. The SMILES string of the molecule is CC(NCCCCN(C)C(C)C)c1ccc(Cl)cc1. The second kappa shape index (κ2) is 8.57. The van der Waals surface area contributed by atoms with Gasteiger partial charge in [0.2, 0.25) is 0 Å². The van der Waals surface area contributed by atoms with Crippen LogP contribution in [-0.4, -0.2) is 31.1 Å². The molecule has 19 heavy (non-hydrogen) atoms. The first kappa shape index (κ1) is 16.5. The molecule has 0 saturated carbocycles. The molecule has 1 aromatic rings. The largest absolute Gasteiger partial charge is 0.310 e. The molecule has 0 heterocycles. The number of nitrogens with zero attached hydrogens (tertiary/aromatic N) is 1. The molecule has 0 bridgehead atoms. The molecule has 0 saturated heterocycles. The van der Waals surface area contributed by atoms with Crippen molar-refractivity contribution < 1.29 is 0 Å². The lowest BCUT2D eigenvalue weighted by atomic mass is 10.1. The molecule has 0 aromatic heterocycles. The number of rotatable bonds is 8. The fourth-order valence-electron chi connectivity index (χ4n) is 1.93. The Morgan fingerprint density at radius 3 is 2.32 bits per heavy atom. The highest BCUT2D eigenvalue weighted by Crippen LogP contribution is 2.15. The number of nitrogens with one attached hydrogen (secondary N) is 1. The molecule has 0 radical (unpaired) electrons. The Hall–Kier alpha value is -0.570. The van der Waals surface area contributed by atoms with Crippen molar-refractivity contribution in [2.24, 2.45) is 0 Å². The molecule has 2 nitrogen and oxygen atoms in total. The summed E-state index contributed by atoms with van der Waals surface area (Å²) < 4.78 is 0. The van der Waals surface area contributed by atoms with Crippen molar-refractivity contribution in [2.45, 2.75) is 45.7 Å². The molecule has 1 atom stereocenters. The second-order valence-corrected chi connectivity index (χ2v) is 5.95. The highest BCUT2D eigenvalue weighted by molar-refractivity contribution is 6.30. The number of hydrogen-bond acceptors (Lipinski definition) is 2. The minimum Gasteiger partial charge on any atom is -0.310 e. The number of unbranched alkanes of at least 4 members (excludes halogenated alkanes) is 1. The zero-order valence-corrected chi connectivity index (χ0v) is 13.4. The summed E-state index contributed by atoms with van der Waals surface area (Å²) >= 11 is 5.89. The molecular formula is C16H27ClN2. The van der Waals surface area contributed by atoms with Crippen molar-refractivity contribution in [1.82, 2.24) is 10.2 Å². The fourth-order valence-corrected chi connectivity index (χ4v) is 2.06. The van der Waals surface area contributed by atoms with Crippen LogP contribution in [0.25, 0.3) is 0 Å². The number of hydrogen-bond donors (Lipinski definition) is 1. The predicted molar refractivity (Wildman–Crippen MR) is 84.9 cm³/mol. The van der Waals surface area contributed by atoms with Crippen molar-refractivity contribution in [3.8, 4) is 0 Å². The summed E-state index contributed by atoms with van der Waals surface area (Å²) in [6, 6.07) is 9.11. The minimum atomic E-state index is 0.389. The van der Waals surface area contributed by atoms with E-state index in [4.69, 9.17) is 11.6 Å². The molecule has 0 fully saturated rings. The Morgan fingerprint density at radius 2 is 1.74 bits per heavy atom. The number of halogens is 1. The lowest BCUT2D eigenvalue weighted by Crippen LogP contribution is -2.28. The summed E-state index contributed by atoms with van der Waals surface area (Å²) in [5.41, 5.74) is 1.30. The van der Waals surface area contributed by atoms with E-state index in [0.29, 0.717) is 12.1 Å². The van der Waals surface area contributed by atoms with Crippen LogP contribution in [0.15, 0.2) is 24.3 Å². The Labute approximate surface area is 123 Å². The van der Waals surface area contributed by atoms with E-state index in [9.17, 15) is 0 Å². The molecule has 0 aliphatic rings. The van der Waals surface area contributed by atoms with Crippen LogP contribution in [0.3, 0.4) is 0 Å². The van der Waals surface area contributed by atoms with E-state index in [2.05, 4.69) is 50.2 Å². The van der Waals surface area contributed by atoms with E-state index < -0.39 is 0 Å². The van der Waals surface area contributed by atoms with Crippen LogP contribution in [0.5, 0.6) is 0 Å². The Bertz CT molecular complexity index is 348. The third kappa shape index (κ3) is 6.42.